The van der Waals surface area contributed by atoms with Crippen molar-refractivity contribution in [2.75, 3.05) is 6.61 Å². The maximum atomic E-state index is 12.4. The molecule has 7 heteroatoms. The van der Waals surface area contributed by atoms with Gasteiger partial charge in [0, 0.05) is 19.4 Å². The Kier molecular flexibility index (Phi) is 5.89. The highest BCUT2D eigenvalue weighted by Gasteiger charge is 2.50. The summed E-state index contributed by atoms with van der Waals surface area (Å²) >= 11 is 3.41. The fourth-order valence-electron chi connectivity index (χ4n) is 3.40. The number of rotatable bonds is 4. The van der Waals surface area contributed by atoms with Crippen molar-refractivity contribution in [3.63, 3.8) is 0 Å². The summed E-state index contributed by atoms with van der Waals surface area (Å²) in [6.45, 7) is 6.31. The summed E-state index contributed by atoms with van der Waals surface area (Å²) in [4.78, 5) is 16.9. The number of halogens is 1. The largest absolute Gasteiger partial charge is 0.444 e. The van der Waals surface area contributed by atoms with E-state index in [1.165, 1.54) is 0 Å². The molecule has 1 saturated heterocycles. The number of nitrogens with one attached hydrogen (secondary N) is 1. The molecule has 1 aliphatic heterocycles. The van der Waals surface area contributed by atoms with Gasteiger partial charge in [-0.2, -0.15) is 0 Å². The lowest BCUT2D eigenvalue weighted by atomic mass is 9.71. The predicted molar refractivity (Wildman–Crippen MR) is 101 cm³/mol. The van der Waals surface area contributed by atoms with Gasteiger partial charge in [0.25, 0.3) is 0 Å². The van der Waals surface area contributed by atoms with Crippen LogP contribution in [0.5, 0.6) is 0 Å². The van der Waals surface area contributed by atoms with Crippen molar-refractivity contribution in [2.24, 2.45) is 0 Å². The van der Waals surface area contributed by atoms with Gasteiger partial charge in [-0.1, -0.05) is 6.07 Å². The zero-order chi connectivity index (χ0) is 18.8. The summed E-state index contributed by atoms with van der Waals surface area (Å²) in [6, 6.07) is 5.71. The second-order valence-electron chi connectivity index (χ2n) is 8.02. The van der Waals surface area contributed by atoms with E-state index in [-0.39, 0.29) is 12.4 Å². The second-order valence-corrected chi connectivity index (χ2v) is 8.83. The van der Waals surface area contributed by atoms with E-state index in [0.717, 1.165) is 36.2 Å². The number of amides is 1. The highest BCUT2D eigenvalue weighted by atomic mass is 79.9. The third kappa shape index (κ3) is 4.96. The lowest BCUT2D eigenvalue weighted by molar-refractivity contribution is -0.216. The van der Waals surface area contributed by atoms with E-state index in [4.69, 9.17) is 14.2 Å². The number of alkyl carbamates (subject to hydrolysis) is 1. The van der Waals surface area contributed by atoms with Crippen LogP contribution in [-0.4, -0.2) is 35.7 Å². The second kappa shape index (κ2) is 7.82. The number of hydrogen-bond donors (Lipinski definition) is 1. The van der Waals surface area contributed by atoms with Gasteiger partial charge in [0.15, 0.2) is 6.29 Å². The number of pyridine rings is 1. The van der Waals surface area contributed by atoms with Gasteiger partial charge in [-0.15, -0.1) is 0 Å². The van der Waals surface area contributed by atoms with Crippen LogP contribution in [0.15, 0.2) is 22.8 Å². The van der Waals surface area contributed by atoms with E-state index >= 15 is 0 Å². The highest BCUT2D eigenvalue weighted by Crippen LogP contribution is 2.43. The van der Waals surface area contributed by atoms with Crippen LogP contribution in [0.4, 0.5) is 4.79 Å². The smallest absolute Gasteiger partial charge is 0.408 e. The maximum absolute atomic E-state index is 12.4. The summed E-state index contributed by atoms with van der Waals surface area (Å²) in [5.41, 5.74) is -0.320. The fourth-order valence-corrected chi connectivity index (χ4v) is 3.74. The first-order chi connectivity index (χ1) is 12.3. The van der Waals surface area contributed by atoms with E-state index in [1.54, 1.807) is 0 Å². The first kappa shape index (κ1) is 19.6. The molecule has 1 aliphatic carbocycles. The molecule has 0 aromatic carbocycles. The first-order valence-electron chi connectivity index (χ1n) is 9.17. The van der Waals surface area contributed by atoms with Crippen LogP contribution in [-0.2, 0) is 19.7 Å². The Hall–Kier alpha value is -1.18. The molecule has 0 spiro atoms. The number of nitrogens with zero attached hydrogens (tertiary/aromatic N) is 1. The zero-order valence-electron chi connectivity index (χ0n) is 15.6. The van der Waals surface area contributed by atoms with Crippen LogP contribution in [0.1, 0.15) is 58.6 Å². The average molecular weight is 427 g/mol. The molecule has 0 radical (unpaired) electrons. The molecule has 26 heavy (non-hydrogen) atoms. The summed E-state index contributed by atoms with van der Waals surface area (Å²) < 4.78 is 17.9. The monoisotopic (exact) mass is 426 g/mol. The topological polar surface area (TPSA) is 69.7 Å². The number of carbonyl (C=O) groups is 1. The van der Waals surface area contributed by atoms with E-state index in [1.807, 2.05) is 39.0 Å². The van der Waals surface area contributed by atoms with Gasteiger partial charge in [-0.05, 0) is 68.1 Å². The molecular formula is C19H27BrN2O4. The molecule has 1 amide bonds. The normalized spacial score (nSPS) is 28.9. The van der Waals surface area contributed by atoms with E-state index in [0.29, 0.717) is 12.8 Å². The first-order valence-corrected chi connectivity index (χ1v) is 9.96. The van der Waals surface area contributed by atoms with Gasteiger partial charge in [-0.3, -0.25) is 0 Å². The molecule has 3 rings (SSSR count). The lowest BCUT2D eigenvalue weighted by Crippen LogP contribution is -2.59. The molecule has 6 nitrogen and oxygen atoms in total. The van der Waals surface area contributed by atoms with Crippen molar-refractivity contribution in [1.82, 2.24) is 10.3 Å². The van der Waals surface area contributed by atoms with Crippen LogP contribution in [0.3, 0.4) is 0 Å². The molecular weight excluding hydrogens is 400 g/mol. The lowest BCUT2D eigenvalue weighted by Gasteiger charge is -2.48. The van der Waals surface area contributed by atoms with Crippen LogP contribution in [0.2, 0.25) is 0 Å². The molecule has 1 saturated carbocycles. The Morgan fingerprint density at radius 2 is 2.12 bits per heavy atom. The summed E-state index contributed by atoms with van der Waals surface area (Å²) in [7, 11) is 0. The number of ether oxygens (including phenoxy) is 3. The molecule has 1 N–H and O–H groups in total. The quantitative estimate of drug-likeness (QED) is 0.727. The average Bonchev–Trinajstić information content (AvgIpc) is 2.51. The van der Waals surface area contributed by atoms with Gasteiger partial charge < -0.3 is 19.5 Å². The number of hydrogen-bond acceptors (Lipinski definition) is 5. The number of carbonyl (C=O) groups excluding carboxylic acids is 1. The zero-order valence-corrected chi connectivity index (χ0v) is 17.2. The Labute approximate surface area is 163 Å². The SMILES string of the molecule is CC(C)(C)OC(=O)NC1(c2cccc(Br)n2)CC(OC2CCCCO2)C1. The van der Waals surface area contributed by atoms with Gasteiger partial charge in [0.1, 0.15) is 10.2 Å². The Balaban J connectivity index is 1.69. The summed E-state index contributed by atoms with van der Waals surface area (Å²) in [6.07, 6.45) is 3.91. The Morgan fingerprint density at radius 3 is 2.73 bits per heavy atom. The molecule has 1 unspecified atom stereocenters. The third-order valence-electron chi connectivity index (χ3n) is 4.58. The van der Waals surface area contributed by atoms with E-state index < -0.39 is 17.2 Å². The molecule has 144 valence electrons. The Morgan fingerprint density at radius 1 is 1.35 bits per heavy atom. The van der Waals surface area contributed by atoms with Crippen LogP contribution >= 0.6 is 15.9 Å². The molecule has 1 aromatic rings. The van der Waals surface area contributed by atoms with Gasteiger partial charge in [-0.25, -0.2) is 9.78 Å². The minimum Gasteiger partial charge on any atom is -0.444 e. The fraction of sp³-hybridized carbons (Fsp3) is 0.684. The van der Waals surface area contributed by atoms with Crippen molar-refractivity contribution in [2.45, 2.75) is 76.4 Å². The highest BCUT2D eigenvalue weighted by molar-refractivity contribution is 9.10. The molecule has 2 aliphatic rings. The Bertz CT molecular complexity index is 635. The molecule has 1 atom stereocenters. The molecule has 0 bridgehead atoms. The van der Waals surface area contributed by atoms with Gasteiger partial charge in [0.2, 0.25) is 0 Å². The summed E-state index contributed by atoms with van der Waals surface area (Å²) in [5.74, 6) is 0. The molecule has 1 aromatic heterocycles. The van der Waals surface area contributed by atoms with Gasteiger partial charge >= 0.3 is 6.09 Å². The van der Waals surface area contributed by atoms with Crippen molar-refractivity contribution >= 4 is 22.0 Å². The standard InChI is InChI=1S/C19H27BrN2O4/c1-18(2,3)26-17(23)22-19(14-7-6-8-15(20)21-14)11-13(12-19)25-16-9-4-5-10-24-16/h6-8,13,16H,4-5,9-12H2,1-3H3,(H,22,23). The number of aromatic nitrogens is 1. The van der Waals surface area contributed by atoms with Crippen LogP contribution in [0, 0.1) is 0 Å². The van der Waals surface area contributed by atoms with Crippen molar-refractivity contribution < 1.29 is 19.0 Å². The minimum atomic E-state index is -0.578. The summed E-state index contributed by atoms with van der Waals surface area (Å²) in [5, 5.41) is 3.03. The van der Waals surface area contributed by atoms with Crippen molar-refractivity contribution in [1.29, 1.82) is 0 Å². The van der Waals surface area contributed by atoms with Gasteiger partial charge in [0.05, 0.1) is 17.3 Å². The van der Waals surface area contributed by atoms with E-state index in [9.17, 15) is 4.79 Å². The van der Waals surface area contributed by atoms with Crippen LogP contribution < -0.4 is 5.32 Å². The van der Waals surface area contributed by atoms with E-state index in [2.05, 4.69) is 26.2 Å². The van der Waals surface area contributed by atoms with Crippen molar-refractivity contribution in [3.05, 3.63) is 28.5 Å². The predicted octanol–water partition coefficient (Wildman–Crippen LogP) is 4.27. The molecule has 2 fully saturated rings. The minimum absolute atomic E-state index is 0.0359. The van der Waals surface area contributed by atoms with Crippen molar-refractivity contribution in [3.8, 4) is 0 Å². The molecule has 2 heterocycles. The third-order valence-corrected chi connectivity index (χ3v) is 5.02. The van der Waals surface area contributed by atoms with Crippen LogP contribution in [0.25, 0.3) is 0 Å². The maximum Gasteiger partial charge on any atom is 0.408 e.